The third kappa shape index (κ3) is 35.2. The van der Waals surface area contributed by atoms with Gasteiger partial charge in [-0.3, -0.25) is 24.0 Å². The van der Waals surface area contributed by atoms with Crippen LogP contribution < -0.4 is 10.2 Å². The number of nitrogens with zero attached hydrogens (tertiary/aromatic N) is 3. The van der Waals surface area contributed by atoms with Crippen molar-refractivity contribution in [2.45, 2.75) is 317 Å². The van der Waals surface area contributed by atoms with Crippen LogP contribution in [0.15, 0.2) is 30.6 Å². The molecule has 1 N–H and O–H groups in total. The van der Waals surface area contributed by atoms with E-state index in [0.717, 1.165) is 74.8 Å². The summed E-state index contributed by atoms with van der Waals surface area (Å²) in [5, 5.41) is 3.78. The van der Waals surface area contributed by atoms with Gasteiger partial charge in [-0.05, 0) is 94.7 Å². The Morgan fingerprint density at radius 2 is 1.07 bits per heavy atom. The van der Waals surface area contributed by atoms with Crippen LogP contribution in [0, 0.1) is 11.8 Å². The average molecular weight is 1200 g/mol. The molecule has 1 aromatic heterocycles. The van der Waals surface area contributed by atoms with E-state index < -0.39 is 17.7 Å². The van der Waals surface area contributed by atoms with Gasteiger partial charge in [0.25, 0.3) is 0 Å². The number of hydrogen-bond acceptors (Lipinski definition) is 14. The molecule has 1 aliphatic rings. The van der Waals surface area contributed by atoms with Gasteiger partial charge in [0.2, 0.25) is 0 Å². The highest BCUT2D eigenvalue weighted by Crippen LogP contribution is 2.38. The summed E-state index contributed by atoms with van der Waals surface area (Å²) in [6.07, 6.45) is 37.1. The number of ether oxygens (including phenoxy) is 5. The van der Waals surface area contributed by atoms with Crippen LogP contribution in [0.3, 0.4) is 0 Å². The van der Waals surface area contributed by atoms with Crippen molar-refractivity contribution in [1.82, 2.24) is 9.97 Å². The maximum Gasteiger partial charge on any atom is 0.306 e. The molecule has 1 heterocycles. The first kappa shape index (κ1) is 73.8. The van der Waals surface area contributed by atoms with E-state index in [1.165, 1.54) is 135 Å². The molecule has 2 atom stereocenters. The van der Waals surface area contributed by atoms with Gasteiger partial charge < -0.3 is 33.9 Å². The SMILES string of the molecule is CCCCCCCCCCCCCCCC(=O)OCC(COC(=O)CCCCCCCCCCCCCCC)OC(=O)CC(C)CC(=O)OC1CCC(N(CC(C)C)c2ccc(C(C)CC(=O)OC(C)(C)C)cc2Nc2cnc(Cl)cn2)CC1. The summed E-state index contributed by atoms with van der Waals surface area (Å²) in [6.45, 7) is 18.7. The summed E-state index contributed by atoms with van der Waals surface area (Å²) in [4.78, 5) is 76.6. The summed E-state index contributed by atoms with van der Waals surface area (Å²) in [5.74, 6) is -1.54. The fourth-order valence-electron chi connectivity index (χ4n) is 11.1. The molecule has 15 heteroatoms. The topological polar surface area (TPSA) is 173 Å². The zero-order chi connectivity index (χ0) is 61.4. The number of anilines is 3. The minimum Gasteiger partial charge on any atom is -0.462 e. The molecule has 478 valence electrons. The van der Waals surface area contributed by atoms with Crippen LogP contribution in [-0.2, 0) is 47.7 Å². The molecule has 3 rings (SSSR count). The summed E-state index contributed by atoms with van der Waals surface area (Å²) in [7, 11) is 0. The van der Waals surface area contributed by atoms with Gasteiger partial charge in [0.15, 0.2) is 6.10 Å². The van der Waals surface area contributed by atoms with Crippen molar-refractivity contribution in [3.8, 4) is 0 Å². The zero-order valence-corrected chi connectivity index (χ0v) is 54.8. The molecular weight excluding hydrogens is 1080 g/mol. The second-order valence-electron chi connectivity index (χ2n) is 25.8. The number of carbonyl (C=O) groups excluding carboxylic acids is 5. The predicted molar refractivity (Wildman–Crippen MR) is 341 cm³/mol. The van der Waals surface area contributed by atoms with E-state index in [4.69, 9.17) is 35.3 Å². The Morgan fingerprint density at radius 3 is 1.52 bits per heavy atom. The highest BCUT2D eigenvalue weighted by molar-refractivity contribution is 6.29. The fourth-order valence-corrected chi connectivity index (χ4v) is 11.2. The van der Waals surface area contributed by atoms with E-state index in [-0.39, 0.29) is 98.3 Å². The van der Waals surface area contributed by atoms with Crippen LogP contribution in [-0.4, -0.2) is 83.4 Å². The van der Waals surface area contributed by atoms with Crippen molar-refractivity contribution < 1.29 is 47.7 Å². The lowest BCUT2D eigenvalue weighted by molar-refractivity contribution is -0.168. The quantitative estimate of drug-likeness (QED) is 0.0377. The largest absolute Gasteiger partial charge is 0.462 e. The van der Waals surface area contributed by atoms with Crippen LogP contribution >= 0.6 is 11.6 Å². The van der Waals surface area contributed by atoms with Crippen molar-refractivity contribution in [2.24, 2.45) is 11.8 Å². The number of hydrogen-bond donors (Lipinski definition) is 1. The number of benzene rings is 1. The summed E-state index contributed by atoms with van der Waals surface area (Å²) < 4.78 is 28.7. The van der Waals surface area contributed by atoms with Gasteiger partial charge >= 0.3 is 29.8 Å². The monoisotopic (exact) mass is 1190 g/mol. The molecule has 0 spiro atoms. The van der Waals surface area contributed by atoms with Gasteiger partial charge in [0.1, 0.15) is 35.9 Å². The average Bonchev–Trinajstić information content (AvgIpc) is 3.56. The molecule has 2 aromatic rings. The van der Waals surface area contributed by atoms with E-state index in [1.807, 2.05) is 34.6 Å². The Hall–Kier alpha value is -4.46. The van der Waals surface area contributed by atoms with Crippen LogP contribution in [0.1, 0.15) is 299 Å². The maximum atomic E-state index is 13.4. The van der Waals surface area contributed by atoms with Crippen LogP contribution in [0.2, 0.25) is 5.15 Å². The van der Waals surface area contributed by atoms with Gasteiger partial charge in [-0.2, -0.15) is 0 Å². The molecular formula is C69H115ClN4O10. The summed E-state index contributed by atoms with van der Waals surface area (Å²) in [5.41, 5.74) is 2.22. The van der Waals surface area contributed by atoms with Crippen LogP contribution in [0.5, 0.6) is 0 Å². The van der Waals surface area contributed by atoms with Crippen molar-refractivity contribution >= 4 is 58.6 Å². The van der Waals surface area contributed by atoms with E-state index in [9.17, 15) is 24.0 Å². The minimum atomic E-state index is -0.961. The number of aromatic nitrogens is 2. The fraction of sp³-hybridized carbons (Fsp3) is 0.783. The maximum absolute atomic E-state index is 13.4. The summed E-state index contributed by atoms with van der Waals surface area (Å²) in [6, 6.07) is 6.42. The van der Waals surface area contributed by atoms with Crippen molar-refractivity contribution in [3.63, 3.8) is 0 Å². The molecule has 0 bridgehead atoms. The molecule has 84 heavy (non-hydrogen) atoms. The third-order valence-corrected chi connectivity index (χ3v) is 16.0. The van der Waals surface area contributed by atoms with E-state index >= 15 is 0 Å². The number of halogens is 1. The Morgan fingerprint density at radius 1 is 0.595 bits per heavy atom. The van der Waals surface area contributed by atoms with Crippen molar-refractivity contribution in [3.05, 3.63) is 41.3 Å². The van der Waals surface area contributed by atoms with Crippen LogP contribution in [0.4, 0.5) is 17.2 Å². The highest BCUT2D eigenvalue weighted by atomic mass is 35.5. The Labute approximate surface area is 513 Å². The van der Waals surface area contributed by atoms with E-state index in [2.05, 4.69) is 66.1 Å². The lowest BCUT2D eigenvalue weighted by atomic mass is 9.90. The Balaban J connectivity index is 1.52. The van der Waals surface area contributed by atoms with Crippen molar-refractivity contribution in [2.75, 3.05) is 30.0 Å². The smallest absolute Gasteiger partial charge is 0.306 e. The lowest BCUT2D eigenvalue weighted by Crippen LogP contribution is -2.42. The van der Waals surface area contributed by atoms with Crippen molar-refractivity contribution in [1.29, 1.82) is 0 Å². The lowest BCUT2D eigenvalue weighted by Gasteiger charge is -2.40. The van der Waals surface area contributed by atoms with Gasteiger partial charge in [-0.15, -0.1) is 0 Å². The van der Waals surface area contributed by atoms with Gasteiger partial charge in [0, 0.05) is 38.3 Å². The Kier molecular flexibility index (Phi) is 38.7. The first-order valence-electron chi connectivity index (χ1n) is 33.4. The molecule has 1 saturated carbocycles. The van der Waals surface area contributed by atoms with Gasteiger partial charge in [-0.25, -0.2) is 9.97 Å². The third-order valence-electron chi connectivity index (χ3n) is 15.8. The Bertz CT molecular complexity index is 2060. The van der Waals surface area contributed by atoms with E-state index in [1.54, 1.807) is 6.20 Å². The van der Waals surface area contributed by atoms with Gasteiger partial charge in [-0.1, -0.05) is 213 Å². The normalized spacial score (nSPS) is 15.1. The predicted octanol–water partition coefficient (Wildman–Crippen LogP) is 18.4. The highest BCUT2D eigenvalue weighted by Gasteiger charge is 2.31. The molecule has 0 aliphatic heterocycles. The second-order valence-corrected chi connectivity index (χ2v) is 26.1. The second kappa shape index (κ2) is 44.0. The molecule has 1 fully saturated rings. The first-order chi connectivity index (χ1) is 40.3. The minimum absolute atomic E-state index is 0.0305. The molecule has 2 unspecified atom stereocenters. The molecule has 0 radical (unpaired) electrons. The van der Waals surface area contributed by atoms with Gasteiger partial charge in [0.05, 0.1) is 30.2 Å². The van der Waals surface area contributed by atoms with E-state index in [0.29, 0.717) is 24.6 Å². The number of rotatable bonds is 47. The standard InChI is InChI=1S/C69H115ClN4O10/c1-10-12-14-16-18-20-22-24-26-28-30-32-34-36-64(75)80-51-59(52-81-65(76)37-35-33-31-29-27-25-23-21-19-17-15-13-11-2)83-67(78)45-54(5)44-66(77)82-58-41-39-57(40-42-58)74(50-53(3)4)61-43-38-56(55(6)46-68(79)84-69(7,8)9)47-60(61)73-63-49-71-62(70)48-72-63/h38,43,47-49,53-55,57-59H,10-37,39-42,44-46,50-52H2,1-9H3,(H,72,73). The molecule has 1 aliphatic carbocycles. The molecule has 0 saturated heterocycles. The molecule has 0 amide bonds. The summed E-state index contributed by atoms with van der Waals surface area (Å²) >= 11 is 6.10. The molecule has 1 aromatic carbocycles. The zero-order valence-electron chi connectivity index (χ0n) is 54.0. The first-order valence-corrected chi connectivity index (χ1v) is 33.8. The molecule has 14 nitrogen and oxygen atoms in total. The number of nitrogens with one attached hydrogen (secondary N) is 1. The van der Waals surface area contributed by atoms with Crippen LogP contribution in [0.25, 0.3) is 0 Å². The number of esters is 5. The number of carbonyl (C=O) groups is 5. The number of unbranched alkanes of at least 4 members (excludes halogenated alkanes) is 24.